The summed E-state index contributed by atoms with van der Waals surface area (Å²) >= 11 is 0. The Labute approximate surface area is 69.8 Å². The van der Waals surface area contributed by atoms with Crippen molar-refractivity contribution < 1.29 is 0 Å². The second kappa shape index (κ2) is 4.41. The molecule has 1 nitrogen and oxygen atoms in total. The van der Waals surface area contributed by atoms with E-state index in [0.29, 0.717) is 0 Å². The Kier molecular flexibility index (Phi) is 3.45. The highest BCUT2D eigenvalue weighted by molar-refractivity contribution is 4.91. The van der Waals surface area contributed by atoms with Crippen LogP contribution in [0.5, 0.6) is 0 Å². The van der Waals surface area contributed by atoms with Crippen molar-refractivity contribution >= 4 is 0 Å². The summed E-state index contributed by atoms with van der Waals surface area (Å²) in [6.07, 6.45) is 10.8. The molecule has 0 aromatic rings. The monoisotopic (exact) mass is 151 g/mol. The molecule has 0 aromatic heterocycles. The van der Waals surface area contributed by atoms with Crippen LogP contribution in [0.1, 0.15) is 32.6 Å². The highest BCUT2D eigenvalue weighted by atomic mass is 15.1. The fourth-order valence-corrected chi connectivity index (χ4v) is 1.89. The second-order valence-corrected chi connectivity index (χ2v) is 3.21. The van der Waals surface area contributed by atoms with Crippen molar-refractivity contribution in [3.8, 4) is 12.3 Å². The molecule has 0 aliphatic heterocycles. The van der Waals surface area contributed by atoms with Crippen LogP contribution >= 0.6 is 0 Å². The van der Waals surface area contributed by atoms with Crippen LogP contribution in [-0.2, 0) is 0 Å². The molecule has 0 bridgehead atoms. The van der Waals surface area contributed by atoms with E-state index in [9.17, 15) is 0 Å². The molecule has 0 amide bonds. The topological polar surface area (TPSA) is 3.24 Å². The third-order valence-corrected chi connectivity index (χ3v) is 2.54. The Bertz CT molecular complexity index is 139. The number of nitrogens with zero attached hydrogens (tertiary/aromatic N) is 1. The summed E-state index contributed by atoms with van der Waals surface area (Å²) in [7, 11) is 0. The highest BCUT2D eigenvalue weighted by Gasteiger charge is 2.19. The van der Waals surface area contributed by atoms with Crippen LogP contribution in [0.3, 0.4) is 0 Å². The molecule has 1 saturated carbocycles. The zero-order chi connectivity index (χ0) is 8.10. The lowest BCUT2D eigenvalue weighted by molar-refractivity contribution is 0.235. The van der Waals surface area contributed by atoms with E-state index >= 15 is 0 Å². The van der Waals surface area contributed by atoms with Gasteiger partial charge in [0, 0.05) is 6.04 Å². The third-order valence-electron chi connectivity index (χ3n) is 2.54. The van der Waals surface area contributed by atoms with Crippen molar-refractivity contribution in [2.45, 2.75) is 38.6 Å². The summed E-state index contributed by atoms with van der Waals surface area (Å²) in [4.78, 5) is 2.41. The predicted molar refractivity (Wildman–Crippen MR) is 48.3 cm³/mol. The molecular formula is C10H17N. The predicted octanol–water partition coefficient (Wildman–Crippen LogP) is 1.88. The van der Waals surface area contributed by atoms with E-state index in [1.807, 2.05) is 0 Å². The molecule has 0 radical (unpaired) electrons. The van der Waals surface area contributed by atoms with Crippen molar-refractivity contribution in [1.29, 1.82) is 0 Å². The average Bonchev–Trinajstić information content (AvgIpc) is 2.52. The van der Waals surface area contributed by atoms with Gasteiger partial charge in [0.15, 0.2) is 0 Å². The van der Waals surface area contributed by atoms with Crippen molar-refractivity contribution in [2.24, 2.45) is 0 Å². The summed E-state index contributed by atoms with van der Waals surface area (Å²) in [5, 5.41) is 0. The molecule has 1 aliphatic carbocycles. The van der Waals surface area contributed by atoms with Gasteiger partial charge in [0.1, 0.15) is 0 Å². The SMILES string of the molecule is C#CCN(CC)C1CCCC1. The maximum atomic E-state index is 5.28. The number of hydrogen-bond acceptors (Lipinski definition) is 1. The van der Waals surface area contributed by atoms with Gasteiger partial charge in [-0.2, -0.15) is 0 Å². The first-order valence-corrected chi connectivity index (χ1v) is 4.56. The van der Waals surface area contributed by atoms with E-state index in [2.05, 4.69) is 17.7 Å². The largest absolute Gasteiger partial charge is 0.290 e. The number of rotatable bonds is 3. The standard InChI is InChI=1S/C10H17N/c1-3-9-11(4-2)10-7-5-6-8-10/h1,10H,4-9H2,2H3. The molecule has 0 atom stereocenters. The first-order valence-electron chi connectivity index (χ1n) is 4.56. The van der Waals surface area contributed by atoms with Crippen LogP contribution in [0.2, 0.25) is 0 Å². The zero-order valence-corrected chi connectivity index (χ0v) is 7.34. The summed E-state index contributed by atoms with van der Waals surface area (Å²) < 4.78 is 0. The Hall–Kier alpha value is -0.480. The van der Waals surface area contributed by atoms with Crippen LogP contribution < -0.4 is 0 Å². The van der Waals surface area contributed by atoms with Gasteiger partial charge in [0.05, 0.1) is 6.54 Å². The normalized spacial score (nSPS) is 19.0. The maximum absolute atomic E-state index is 5.28. The summed E-state index contributed by atoms with van der Waals surface area (Å²) in [5.41, 5.74) is 0. The summed E-state index contributed by atoms with van der Waals surface area (Å²) in [6, 6.07) is 0.788. The van der Waals surface area contributed by atoms with Crippen molar-refractivity contribution in [2.75, 3.05) is 13.1 Å². The van der Waals surface area contributed by atoms with E-state index in [-0.39, 0.29) is 0 Å². The van der Waals surface area contributed by atoms with Crippen molar-refractivity contribution in [3.05, 3.63) is 0 Å². The summed E-state index contributed by atoms with van der Waals surface area (Å²) in [6.45, 7) is 4.13. The lowest BCUT2D eigenvalue weighted by atomic mass is 10.2. The van der Waals surface area contributed by atoms with Gasteiger partial charge in [-0.1, -0.05) is 25.7 Å². The van der Waals surface area contributed by atoms with Crippen LogP contribution in [0.15, 0.2) is 0 Å². The minimum atomic E-state index is 0.788. The van der Waals surface area contributed by atoms with Crippen LogP contribution in [0.25, 0.3) is 0 Å². The van der Waals surface area contributed by atoms with Crippen LogP contribution in [0, 0.1) is 12.3 Å². The van der Waals surface area contributed by atoms with Crippen molar-refractivity contribution in [3.63, 3.8) is 0 Å². The minimum Gasteiger partial charge on any atom is -0.290 e. The Morgan fingerprint density at radius 1 is 1.45 bits per heavy atom. The van der Waals surface area contributed by atoms with Crippen LogP contribution in [-0.4, -0.2) is 24.0 Å². The molecule has 11 heavy (non-hydrogen) atoms. The second-order valence-electron chi connectivity index (χ2n) is 3.21. The van der Waals surface area contributed by atoms with Gasteiger partial charge >= 0.3 is 0 Å². The van der Waals surface area contributed by atoms with Crippen LogP contribution in [0.4, 0.5) is 0 Å². The first-order chi connectivity index (χ1) is 5.38. The highest BCUT2D eigenvalue weighted by Crippen LogP contribution is 2.22. The molecule has 0 saturated heterocycles. The smallest absolute Gasteiger partial charge is 0.0601 e. The first kappa shape index (κ1) is 8.62. The molecule has 62 valence electrons. The molecule has 0 N–H and O–H groups in total. The van der Waals surface area contributed by atoms with E-state index in [1.54, 1.807) is 0 Å². The fourth-order valence-electron chi connectivity index (χ4n) is 1.89. The van der Waals surface area contributed by atoms with E-state index in [1.165, 1.54) is 25.7 Å². The number of hydrogen-bond donors (Lipinski definition) is 0. The lowest BCUT2D eigenvalue weighted by Crippen LogP contribution is -2.33. The molecule has 0 heterocycles. The molecule has 1 rings (SSSR count). The maximum Gasteiger partial charge on any atom is 0.0601 e. The number of terminal acetylenes is 1. The quantitative estimate of drug-likeness (QED) is 0.557. The minimum absolute atomic E-state index is 0.788. The molecule has 1 fully saturated rings. The molecule has 0 unspecified atom stereocenters. The molecular weight excluding hydrogens is 134 g/mol. The van der Waals surface area contributed by atoms with Crippen molar-refractivity contribution in [1.82, 2.24) is 4.90 Å². The zero-order valence-electron chi connectivity index (χ0n) is 7.34. The van der Waals surface area contributed by atoms with Gasteiger partial charge < -0.3 is 0 Å². The fraction of sp³-hybridized carbons (Fsp3) is 0.800. The van der Waals surface area contributed by atoms with Gasteiger partial charge in [-0.15, -0.1) is 6.42 Å². The molecule has 0 aromatic carbocycles. The van der Waals surface area contributed by atoms with E-state index in [0.717, 1.165) is 19.1 Å². The Balaban J connectivity index is 2.34. The molecule has 1 heteroatoms. The van der Waals surface area contributed by atoms with E-state index in [4.69, 9.17) is 6.42 Å². The average molecular weight is 151 g/mol. The lowest BCUT2D eigenvalue weighted by Gasteiger charge is -2.24. The van der Waals surface area contributed by atoms with Gasteiger partial charge in [0.25, 0.3) is 0 Å². The Morgan fingerprint density at radius 2 is 2.09 bits per heavy atom. The Morgan fingerprint density at radius 3 is 2.55 bits per heavy atom. The van der Waals surface area contributed by atoms with Gasteiger partial charge in [-0.25, -0.2) is 0 Å². The van der Waals surface area contributed by atoms with Gasteiger partial charge in [0.2, 0.25) is 0 Å². The summed E-state index contributed by atoms with van der Waals surface area (Å²) in [5.74, 6) is 2.72. The van der Waals surface area contributed by atoms with Gasteiger partial charge in [-0.05, 0) is 19.4 Å². The molecule has 0 spiro atoms. The molecule has 1 aliphatic rings. The third kappa shape index (κ3) is 2.24. The van der Waals surface area contributed by atoms with E-state index < -0.39 is 0 Å². The van der Waals surface area contributed by atoms with Gasteiger partial charge in [-0.3, -0.25) is 4.90 Å².